The van der Waals surface area contributed by atoms with Crippen LogP contribution >= 0.6 is 23.9 Å². The fourth-order valence-electron chi connectivity index (χ4n) is 1.66. The average molecular weight is 364 g/mol. The van der Waals surface area contributed by atoms with Crippen molar-refractivity contribution in [2.75, 3.05) is 0 Å². The minimum atomic E-state index is -4.67. The van der Waals surface area contributed by atoms with Crippen LogP contribution in [0.15, 0.2) is 22.8 Å². The first-order valence-electron chi connectivity index (χ1n) is 5.20. The van der Waals surface area contributed by atoms with E-state index in [0.29, 0.717) is 4.47 Å². The number of fused-ring (bicyclic) bond motifs is 1. The van der Waals surface area contributed by atoms with E-state index in [1.54, 1.807) is 12.1 Å². The molecule has 106 valence electrons. The lowest BCUT2D eigenvalue weighted by molar-refractivity contribution is -0.113. The Morgan fingerprint density at radius 1 is 1.35 bits per heavy atom. The van der Waals surface area contributed by atoms with Crippen molar-refractivity contribution in [2.45, 2.75) is 6.42 Å². The van der Waals surface area contributed by atoms with Gasteiger partial charge in [-0.2, -0.15) is 14.7 Å². The minimum Gasteiger partial charge on any atom is -0.476 e. The van der Waals surface area contributed by atoms with Crippen LogP contribution < -0.4 is 0 Å². The number of hydrogen-bond donors (Lipinski definition) is 4. The van der Waals surface area contributed by atoms with Crippen LogP contribution in [0.4, 0.5) is 0 Å². The Morgan fingerprint density at radius 2 is 2.00 bits per heavy atom. The number of aromatic carboxylic acids is 1. The summed E-state index contributed by atoms with van der Waals surface area (Å²) in [5.74, 6) is -1.36. The topological polar surface area (TPSA) is 132 Å². The number of nitrogens with zero attached hydrogens (tertiary/aromatic N) is 2. The molecule has 0 aliphatic heterocycles. The highest BCUT2D eigenvalue weighted by Gasteiger charge is 2.43. The molecule has 0 saturated carbocycles. The van der Waals surface area contributed by atoms with Crippen molar-refractivity contribution in [1.82, 2.24) is 9.38 Å². The molecule has 4 N–H and O–H groups in total. The van der Waals surface area contributed by atoms with Crippen LogP contribution in [0.2, 0.25) is 0 Å². The monoisotopic (exact) mass is 363 g/mol. The van der Waals surface area contributed by atoms with Crippen molar-refractivity contribution in [3.63, 3.8) is 0 Å². The normalized spacial score (nSPS) is 11.8. The van der Waals surface area contributed by atoms with Crippen LogP contribution in [0, 0.1) is 0 Å². The Kier molecular flexibility index (Phi) is 3.90. The van der Waals surface area contributed by atoms with Crippen LogP contribution in [0.3, 0.4) is 0 Å². The van der Waals surface area contributed by atoms with Crippen LogP contribution in [0.25, 0.3) is 5.65 Å². The maximum atomic E-state index is 11.5. The fraction of sp³-hybridized carbons (Fsp3) is 0.100. The lowest BCUT2D eigenvalue weighted by atomic mass is 10.2. The van der Waals surface area contributed by atoms with E-state index in [2.05, 4.69) is 20.9 Å². The molecule has 0 bridgehead atoms. The average Bonchev–Trinajstić information content (AvgIpc) is 2.66. The van der Waals surface area contributed by atoms with Gasteiger partial charge in [0, 0.05) is 10.7 Å². The Balaban J connectivity index is 2.58. The predicted molar refractivity (Wildman–Crippen MR) is 72.1 cm³/mol. The van der Waals surface area contributed by atoms with E-state index in [4.69, 9.17) is 19.8 Å². The number of pyridine rings is 1. The number of imidazole rings is 1. The first kappa shape index (κ1) is 15.0. The maximum absolute atomic E-state index is 11.5. The number of halogens is 1. The molecule has 0 radical (unpaired) electrons. The fourth-order valence-corrected chi connectivity index (χ4v) is 2.34. The number of carbonyl (C=O) groups is 2. The molecule has 8 nitrogen and oxygen atoms in total. The maximum Gasteiger partial charge on any atom is 0.478 e. The van der Waals surface area contributed by atoms with Gasteiger partial charge in [0.1, 0.15) is 5.65 Å². The van der Waals surface area contributed by atoms with Crippen molar-refractivity contribution in [2.24, 2.45) is 0 Å². The molecule has 0 aromatic carbocycles. The molecule has 0 atom stereocenters. The van der Waals surface area contributed by atoms with Crippen molar-refractivity contribution in [3.05, 3.63) is 34.2 Å². The Bertz CT molecular complexity index is 708. The van der Waals surface area contributed by atoms with E-state index in [1.165, 1.54) is 10.6 Å². The number of hydrogen-bond acceptors (Lipinski definition) is 6. The van der Waals surface area contributed by atoms with Crippen LogP contribution in [-0.4, -0.2) is 40.7 Å². The summed E-state index contributed by atoms with van der Waals surface area (Å²) in [5.41, 5.74) is -1.39. The highest BCUT2D eigenvalue weighted by atomic mass is 79.9. The van der Waals surface area contributed by atoms with Gasteiger partial charge in [-0.05, 0) is 12.1 Å². The Morgan fingerprint density at radius 3 is 2.55 bits per heavy atom. The van der Waals surface area contributed by atoms with E-state index < -0.39 is 25.9 Å². The number of carboxylic acid groups (broad SMARTS) is 1. The van der Waals surface area contributed by atoms with Gasteiger partial charge < -0.3 is 9.51 Å². The molecule has 2 aromatic rings. The first-order valence-corrected chi connectivity index (χ1v) is 7.64. The molecule has 0 amide bonds. The predicted octanol–water partition coefficient (Wildman–Crippen LogP) is 0.604. The summed E-state index contributed by atoms with van der Waals surface area (Å²) in [6, 6.07) is 3.15. The molecule has 10 heteroatoms. The molecule has 0 saturated heterocycles. The molecule has 2 heterocycles. The molecular formula is C10H9BrN2O6P+. The van der Waals surface area contributed by atoms with Crippen molar-refractivity contribution in [1.29, 1.82) is 0 Å². The number of rotatable bonds is 4. The Hall–Kier alpha value is -1.38. The molecule has 2 aromatic heterocycles. The molecule has 2 rings (SSSR count). The summed E-state index contributed by atoms with van der Waals surface area (Å²) in [6.07, 6.45) is 0.829. The summed E-state index contributed by atoms with van der Waals surface area (Å²) < 4.78 is 2.00. The standard InChI is InChI=1S/C10H8BrN2O6P/c11-5-1-2-13-6(4-8(14)20(17,18)19)9(10(15)16)12-7(13)3-5/h1-3,17-19H,4H2/p+1. The summed E-state index contributed by atoms with van der Waals surface area (Å²) in [4.78, 5) is 53.2. The minimum absolute atomic E-state index is 0.0356. The van der Waals surface area contributed by atoms with Gasteiger partial charge >= 0.3 is 19.4 Å². The quantitative estimate of drug-likeness (QED) is 0.584. The zero-order valence-electron chi connectivity index (χ0n) is 9.76. The third kappa shape index (κ3) is 2.87. The lowest BCUT2D eigenvalue weighted by Gasteiger charge is -2.03. The van der Waals surface area contributed by atoms with Crippen molar-refractivity contribution >= 4 is 41.0 Å². The number of aromatic nitrogens is 2. The van der Waals surface area contributed by atoms with Gasteiger partial charge in [0.2, 0.25) is 0 Å². The van der Waals surface area contributed by atoms with Gasteiger partial charge in [0.25, 0.3) is 0 Å². The van der Waals surface area contributed by atoms with Crippen molar-refractivity contribution in [3.8, 4) is 0 Å². The van der Waals surface area contributed by atoms with Crippen LogP contribution in [-0.2, 0) is 11.2 Å². The third-order valence-electron chi connectivity index (χ3n) is 2.54. The largest absolute Gasteiger partial charge is 0.478 e. The van der Waals surface area contributed by atoms with E-state index in [-0.39, 0.29) is 17.0 Å². The molecule has 0 fully saturated rings. The smallest absolute Gasteiger partial charge is 0.476 e. The van der Waals surface area contributed by atoms with E-state index in [9.17, 15) is 9.59 Å². The SMILES string of the molecule is O=C(O)c1nc2cc(Br)ccn2c1CC(=O)[P+](O)(O)O. The second-order valence-electron chi connectivity index (χ2n) is 3.92. The zero-order chi connectivity index (χ0) is 15.1. The lowest BCUT2D eigenvalue weighted by Crippen LogP contribution is -2.13. The summed E-state index contributed by atoms with van der Waals surface area (Å²) >= 11 is 3.20. The van der Waals surface area contributed by atoms with Crippen LogP contribution in [0.1, 0.15) is 16.2 Å². The molecule has 0 aliphatic rings. The van der Waals surface area contributed by atoms with E-state index in [0.717, 1.165) is 0 Å². The van der Waals surface area contributed by atoms with Gasteiger partial charge in [0.15, 0.2) is 5.69 Å². The van der Waals surface area contributed by atoms with E-state index >= 15 is 0 Å². The van der Waals surface area contributed by atoms with Gasteiger partial charge in [-0.25, -0.2) is 14.6 Å². The zero-order valence-corrected chi connectivity index (χ0v) is 12.2. The van der Waals surface area contributed by atoms with Gasteiger partial charge in [0.05, 0.1) is 12.1 Å². The van der Waals surface area contributed by atoms with Gasteiger partial charge in [-0.1, -0.05) is 15.9 Å². The number of carboxylic acids is 1. The molecular weight excluding hydrogens is 355 g/mol. The Labute approximate surface area is 121 Å². The highest BCUT2D eigenvalue weighted by molar-refractivity contribution is 9.10. The summed E-state index contributed by atoms with van der Waals surface area (Å²) in [5, 5.41) is 9.07. The summed E-state index contributed by atoms with van der Waals surface area (Å²) in [7, 11) is -4.67. The van der Waals surface area contributed by atoms with Gasteiger partial charge in [-0.15, -0.1) is 0 Å². The van der Waals surface area contributed by atoms with E-state index in [1.807, 2.05) is 0 Å². The van der Waals surface area contributed by atoms with Gasteiger partial charge in [-0.3, -0.25) is 0 Å². The molecule has 0 unspecified atom stereocenters. The molecule has 0 spiro atoms. The second-order valence-corrected chi connectivity index (χ2v) is 6.48. The third-order valence-corrected chi connectivity index (χ3v) is 3.86. The van der Waals surface area contributed by atoms with Crippen LogP contribution in [0.5, 0.6) is 0 Å². The molecule has 0 aliphatic carbocycles. The van der Waals surface area contributed by atoms with Crippen molar-refractivity contribution < 1.29 is 29.4 Å². The summed E-state index contributed by atoms with van der Waals surface area (Å²) in [6.45, 7) is 0. The second kappa shape index (κ2) is 5.19. The molecule has 20 heavy (non-hydrogen) atoms. The number of carbonyl (C=O) groups excluding carboxylic acids is 1. The highest BCUT2D eigenvalue weighted by Crippen LogP contribution is 2.46. The first-order chi connectivity index (χ1) is 9.20.